The quantitative estimate of drug-likeness (QED) is 0.674. The summed E-state index contributed by atoms with van der Waals surface area (Å²) in [6.07, 6.45) is 6.28. The smallest absolute Gasteiger partial charge is 0.251 e. The molecule has 0 radical (unpaired) electrons. The van der Waals surface area contributed by atoms with E-state index in [0.29, 0.717) is 12.0 Å². The zero-order valence-corrected chi connectivity index (χ0v) is 16.6. The Bertz CT molecular complexity index is 940. The first kappa shape index (κ1) is 19.7. The largest absolute Gasteiger partial charge is 0.349 e. The molecule has 28 heavy (non-hydrogen) atoms. The van der Waals surface area contributed by atoms with Gasteiger partial charge in [-0.2, -0.15) is 0 Å². The molecule has 0 unspecified atom stereocenters. The van der Waals surface area contributed by atoms with Gasteiger partial charge in [-0.05, 0) is 50.1 Å². The van der Waals surface area contributed by atoms with Gasteiger partial charge in [-0.25, -0.2) is 9.97 Å². The van der Waals surface area contributed by atoms with Crippen molar-refractivity contribution in [2.45, 2.75) is 46.1 Å². The molecule has 0 spiro atoms. The molecule has 3 aromatic rings. The molecule has 144 valence electrons. The van der Waals surface area contributed by atoms with Gasteiger partial charge in [0.2, 0.25) is 0 Å². The molecule has 2 heterocycles. The third-order valence-electron chi connectivity index (χ3n) is 4.52. The maximum absolute atomic E-state index is 12.7. The molecule has 0 saturated carbocycles. The van der Waals surface area contributed by atoms with Crippen molar-refractivity contribution in [2.24, 2.45) is 0 Å². The number of nitrogens with one attached hydrogen (secondary N) is 1. The SMILES string of the molecule is CCCc1cnc(C)nc1-c1cccc(C(=O)N[C@@H](C)Cc2ccccn2)c1. The van der Waals surface area contributed by atoms with Crippen molar-refractivity contribution in [1.29, 1.82) is 0 Å². The summed E-state index contributed by atoms with van der Waals surface area (Å²) in [5.74, 6) is 0.641. The Morgan fingerprint density at radius 2 is 2.00 bits per heavy atom. The summed E-state index contributed by atoms with van der Waals surface area (Å²) in [6.45, 7) is 6.01. The highest BCUT2D eigenvalue weighted by molar-refractivity contribution is 5.95. The lowest BCUT2D eigenvalue weighted by atomic mass is 10.0. The van der Waals surface area contributed by atoms with Gasteiger partial charge in [0, 0.05) is 41.7 Å². The molecule has 0 fully saturated rings. The number of aryl methyl sites for hydroxylation is 2. The summed E-state index contributed by atoms with van der Waals surface area (Å²) in [4.78, 5) is 26.0. The van der Waals surface area contributed by atoms with E-state index in [1.54, 1.807) is 6.20 Å². The average molecular weight is 374 g/mol. The molecule has 0 aliphatic rings. The molecule has 2 aromatic heterocycles. The Morgan fingerprint density at radius 1 is 1.14 bits per heavy atom. The molecule has 0 saturated heterocycles. The normalized spacial score (nSPS) is 11.8. The number of hydrogen-bond donors (Lipinski definition) is 1. The molecule has 1 amide bonds. The van der Waals surface area contributed by atoms with Crippen LogP contribution >= 0.6 is 0 Å². The predicted octanol–water partition coefficient (Wildman–Crippen LogP) is 4.16. The molecular formula is C23H26N4O. The number of rotatable bonds is 7. The summed E-state index contributed by atoms with van der Waals surface area (Å²) >= 11 is 0. The van der Waals surface area contributed by atoms with Gasteiger partial charge in [-0.3, -0.25) is 9.78 Å². The number of carbonyl (C=O) groups is 1. The zero-order valence-electron chi connectivity index (χ0n) is 16.6. The van der Waals surface area contributed by atoms with Crippen molar-refractivity contribution >= 4 is 5.91 Å². The Labute approximate surface area is 166 Å². The molecular weight excluding hydrogens is 348 g/mol. The van der Waals surface area contributed by atoms with Gasteiger partial charge >= 0.3 is 0 Å². The van der Waals surface area contributed by atoms with Crippen molar-refractivity contribution in [2.75, 3.05) is 0 Å². The summed E-state index contributed by atoms with van der Waals surface area (Å²) < 4.78 is 0. The first-order valence-corrected chi connectivity index (χ1v) is 9.70. The van der Waals surface area contributed by atoms with E-state index < -0.39 is 0 Å². The van der Waals surface area contributed by atoms with Crippen LogP contribution in [0.1, 0.15) is 47.7 Å². The lowest BCUT2D eigenvalue weighted by Gasteiger charge is -2.14. The monoisotopic (exact) mass is 374 g/mol. The number of amides is 1. The number of pyridine rings is 1. The third-order valence-corrected chi connectivity index (χ3v) is 4.52. The first-order valence-electron chi connectivity index (χ1n) is 9.70. The van der Waals surface area contributed by atoms with Gasteiger partial charge < -0.3 is 5.32 Å². The third kappa shape index (κ3) is 5.00. The van der Waals surface area contributed by atoms with Crippen LogP contribution in [0.25, 0.3) is 11.3 Å². The van der Waals surface area contributed by atoms with E-state index in [1.807, 2.05) is 62.5 Å². The van der Waals surface area contributed by atoms with Crippen LogP contribution in [0.5, 0.6) is 0 Å². The van der Waals surface area contributed by atoms with Crippen LogP contribution in [0.4, 0.5) is 0 Å². The van der Waals surface area contributed by atoms with Gasteiger partial charge in [-0.1, -0.05) is 31.5 Å². The highest BCUT2D eigenvalue weighted by Gasteiger charge is 2.14. The average Bonchev–Trinajstić information content (AvgIpc) is 2.70. The van der Waals surface area contributed by atoms with E-state index in [-0.39, 0.29) is 11.9 Å². The highest BCUT2D eigenvalue weighted by atomic mass is 16.1. The van der Waals surface area contributed by atoms with E-state index >= 15 is 0 Å². The molecule has 1 N–H and O–H groups in total. The minimum absolute atomic E-state index is 0.0111. The van der Waals surface area contributed by atoms with Gasteiger partial charge in [0.1, 0.15) is 5.82 Å². The van der Waals surface area contributed by atoms with Crippen molar-refractivity contribution in [3.05, 3.63) is 77.5 Å². The molecule has 0 bridgehead atoms. The lowest BCUT2D eigenvalue weighted by molar-refractivity contribution is 0.0940. The number of carbonyl (C=O) groups excluding carboxylic acids is 1. The van der Waals surface area contributed by atoms with Crippen LogP contribution in [0.3, 0.4) is 0 Å². The lowest BCUT2D eigenvalue weighted by Crippen LogP contribution is -2.34. The molecule has 3 rings (SSSR count). The van der Waals surface area contributed by atoms with Gasteiger partial charge in [0.15, 0.2) is 0 Å². The van der Waals surface area contributed by atoms with E-state index in [9.17, 15) is 4.79 Å². The van der Waals surface area contributed by atoms with Gasteiger partial charge in [-0.15, -0.1) is 0 Å². The van der Waals surface area contributed by atoms with E-state index in [2.05, 4.69) is 27.2 Å². The van der Waals surface area contributed by atoms with Gasteiger partial charge in [0.05, 0.1) is 5.69 Å². The summed E-state index contributed by atoms with van der Waals surface area (Å²) in [5.41, 5.74) is 4.55. The van der Waals surface area contributed by atoms with Crippen LogP contribution in [-0.4, -0.2) is 26.9 Å². The van der Waals surface area contributed by atoms with Crippen LogP contribution in [0.2, 0.25) is 0 Å². The number of aromatic nitrogens is 3. The summed E-state index contributed by atoms with van der Waals surface area (Å²) in [7, 11) is 0. The number of hydrogen-bond acceptors (Lipinski definition) is 4. The summed E-state index contributed by atoms with van der Waals surface area (Å²) in [5, 5.41) is 3.06. The minimum atomic E-state index is -0.0897. The Balaban J connectivity index is 1.78. The number of nitrogens with zero attached hydrogens (tertiary/aromatic N) is 3. The second-order valence-corrected chi connectivity index (χ2v) is 7.02. The fourth-order valence-electron chi connectivity index (χ4n) is 3.20. The zero-order chi connectivity index (χ0) is 19.9. The highest BCUT2D eigenvalue weighted by Crippen LogP contribution is 2.23. The van der Waals surface area contributed by atoms with Crippen LogP contribution in [0.15, 0.2) is 54.9 Å². The maximum atomic E-state index is 12.7. The van der Waals surface area contributed by atoms with E-state index in [4.69, 9.17) is 0 Å². The standard InChI is InChI=1S/C23H26N4O/c1-4-8-20-15-25-17(3)27-22(20)18-9-7-10-19(14-18)23(28)26-16(2)13-21-11-5-6-12-24-21/h5-7,9-12,14-16H,4,8,13H2,1-3H3,(H,26,28)/t16-/m0/s1. The second-order valence-electron chi connectivity index (χ2n) is 7.02. The van der Waals surface area contributed by atoms with E-state index in [0.717, 1.165) is 41.2 Å². The van der Waals surface area contributed by atoms with Crippen LogP contribution < -0.4 is 5.32 Å². The topological polar surface area (TPSA) is 67.8 Å². The Morgan fingerprint density at radius 3 is 2.75 bits per heavy atom. The molecule has 5 nitrogen and oxygen atoms in total. The minimum Gasteiger partial charge on any atom is -0.349 e. The maximum Gasteiger partial charge on any atom is 0.251 e. The molecule has 0 aliphatic carbocycles. The van der Waals surface area contributed by atoms with Crippen molar-refractivity contribution < 1.29 is 4.79 Å². The van der Waals surface area contributed by atoms with Crippen LogP contribution in [-0.2, 0) is 12.8 Å². The molecule has 1 aromatic carbocycles. The fourth-order valence-corrected chi connectivity index (χ4v) is 3.20. The first-order chi connectivity index (χ1) is 13.6. The molecule has 5 heteroatoms. The predicted molar refractivity (Wildman–Crippen MR) is 111 cm³/mol. The summed E-state index contributed by atoms with van der Waals surface area (Å²) in [6, 6.07) is 13.4. The number of benzene rings is 1. The van der Waals surface area contributed by atoms with Crippen molar-refractivity contribution in [1.82, 2.24) is 20.3 Å². The molecule has 1 atom stereocenters. The van der Waals surface area contributed by atoms with Crippen LogP contribution in [0, 0.1) is 6.92 Å². The second kappa shape index (κ2) is 9.22. The fraction of sp³-hybridized carbons (Fsp3) is 0.304. The van der Waals surface area contributed by atoms with Crippen molar-refractivity contribution in [3.8, 4) is 11.3 Å². The molecule has 0 aliphatic heterocycles. The Hall–Kier alpha value is -3.08. The van der Waals surface area contributed by atoms with Crippen molar-refractivity contribution in [3.63, 3.8) is 0 Å². The van der Waals surface area contributed by atoms with E-state index in [1.165, 1.54) is 0 Å². The van der Waals surface area contributed by atoms with Gasteiger partial charge in [0.25, 0.3) is 5.91 Å². The Kier molecular flexibility index (Phi) is 6.48.